The first-order valence-electron chi connectivity index (χ1n) is 7.33. The lowest BCUT2D eigenvalue weighted by Gasteiger charge is -2.20. The molecule has 2 N–H and O–H groups in total. The van der Waals surface area contributed by atoms with E-state index >= 15 is 0 Å². The van der Waals surface area contributed by atoms with Crippen molar-refractivity contribution < 1.29 is 9.84 Å². The zero-order valence-corrected chi connectivity index (χ0v) is 12.5. The molecule has 0 aliphatic heterocycles. The summed E-state index contributed by atoms with van der Waals surface area (Å²) in [5.74, 6) is 0. The fourth-order valence-corrected chi connectivity index (χ4v) is 2.37. The van der Waals surface area contributed by atoms with Crippen LogP contribution >= 0.6 is 0 Å². The normalized spacial score (nSPS) is 12.1. The van der Waals surface area contributed by atoms with Crippen molar-refractivity contribution in [1.29, 1.82) is 0 Å². The lowest BCUT2D eigenvalue weighted by molar-refractivity contribution is 0.186. The second-order valence-electron chi connectivity index (χ2n) is 5.09. The summed E-state index contributed by atoms with van der Waals surface area (Å²) in [6.45, 7) is 0.846. The number of aliphatic hydroxyl groups excluding tert-OH is 1. The Kier molecular flexibility index (Phi) is 6.25. The average molecular weight is 285 g/mol. The second-order valence-corrected chi connectivity index (χ2v) is 5.09. The van der Waals surface area contributed by atoms with E-state index < -0.39 is 0 Å². The molecule has 0 aromatic heterocycles. The Labute approximate surface area is 126 Å². The molecule has 3 heteroatoms. The highest BCUT2D eigenvalue weighted by Gasteiger charge is 2.10. The largest absolute Gasteiger partial charge is 0.396 e. The van der Waals surface area contributed by atoms with E-state index in [0.29, 0.717) is 6.61 Å². The highest BCUT2D eigenvalue weighted by molar-refractivity contribution is 5.48. The zero-order valence-electron chi connectivity index (χ0n) is 12.5. The monoisotopic (exact) mass is 285 g/mol. The molecule has 0 bridgehead atoms. The number of nitrogens with one attached hydrogen (secondary N) is 1. The van der Waals surface area contributed by atoms with E-state index in [0.717, 1.165) is 18.5 Å². The predicted molar refractivity (Wildman–Crippen MR) is 86.5 cm³/mol. The lowest BCUT2D eigenvalue weighted by Crippen LogP contribution is -2.16. The van der Waals surface area contributed by atoms with Gasteiger partial charge in [-0.25, -0.2) is 0 Å². The summed E-state index contributed by atoms with van der Waals surface area (Å²) in [6, 6.07) is 18.8. The minimum Gasteiger partial charge on any atom is -0.396 e. The molecule has 0 radical (unpaired) electrons. The van der Waals surface area contributed by atoms with Crippen LogP contribution in [0.25, 0.3) is 0 Å². The molecule has 0 spiro atoms. The molecule has 3 nitrogen and oxygen atoms in total. The predicted octanol–water partition coefficient (Wildman–Crippen LogP) is 3.41. The molecule has 1 unspecified atom stereocenters. The highest BCUT2D eigenvalue weighted by Crippen LogP contribution is 2.21. The smallest absolute Gasteiger partial charge is 0.0747 e. The number of hydrogen-bond acceptors (Lipinski definition) is 3. The lowest BCUT2D eigenvalue weighted by atomic mass is 10.1. The van der Waals surface area contributed by atoms with Gasteiger partial charge in [-0.15, -0.1) is 0 Å². The van der Waals surface area contributed by atoms with Crippen molar-refractivity contribution in [3.63, 3.8) is 0 Å². The van der Waals surface area contributed by atoms with Gasteiger partial charge in [0, 0.05) is 19.4 Å². The molecule has 21 heavy (non-hydrogen) atoms. The van der Waals surface area contributed by atoms with Crippen LogP contribution in [0.2, 0.25) is 0 Å². The van der Waals surface area contributed by atoms with Crippen molar-refractivity contribution >= 4 is 5.69 Å². The fourth-order valence-electron chi connectivity index (χ4n) is 2.37. The Balaban J connectivity index is 2.09. The first kappa shape index (κ1) is 15.5. The first-order valence-corrected chi connectivity index (χ1v) is 7.33. The number of aryl methyl sites for hydroxylation is 1. The SMILES string of the molecule is COCC(Nc1cccc(CCCO)c1)c1ccccc1. The van der Waals surface area contributed by atoms with Gasteiger partial charge in [0.15, 0.2) is 0 Å². The molecule has 1 atom stereocenters. The molecule has 0 saturated heterocycles. The Bertz CT molecular complexity index is 528. The Morgan fingerprint density at radius 2 is 1.90 bits per heavy atom. The molecule has 0 amide bonds. The van der Waals surface area contributed by atoms with E-state index in [-0.39, 0.29) is 12.6 Å². The third-order valence-electron chi connectivity index (χ3n) is 3.43. The van der Waals surface area contributed by atoms with Crippen molar-refractivity contribution in [3.8, 4) is 0 Å². The molecule has 0 heterocycles. The molecule has 2 rings (SSSR count). The molecular formula is C18H23NO2. The molecule has 0 aliphatic carbocycles. The number of methoxy groups -OCH3 is 1. The van der Waals surface area contributed by atoms with E-state index in [1.54, 1.807) is 7.11 Å². The summed E-state index contributed by atoms with van der Waals surface area (Å²) in [5.41, 5.74) is 3.52. The van der Waals surface area contributed by atoms with Gasteiger partial charge in [-0.3, -0.25) is 0 Å². The third-order valence-corrected chi connectivity index (χ3v) is 3.43. The first-order chi connectivity index (χ1) is 10.3. The Hall–Kier alpha value is -1.84. The van der Waals surface area contributed by atoms with Crippen LogP contribution in [0.15, 0.2) is 54.6 Å². The van der Waals surface area contributed by atoms with E-state index in [1.807, 2.05) is 24.3 Å². The van der Waals surface area contributed by atoms with Crippen molar-refractivity contribution in [1.82, 2.24) is 0 Å². The average Bonchev–Trinajstić information content (AvgIpc) is 2.54. The van der Waals surface area contributed by atoms with Gasteiger partial charge in [0.05, 0.1) is 12.6 Å². The third kappa shape index (κ3) is 4.88. The van der Waals surface area contributed by atoms with Crippen LogP contribution in [0, 0.1) is 0 Å². The number of aliphatic hydroxyl groups is 1. The molecule has 2 aromatic carbocycles. The van der Waals surface area contributed by atoms with Gasteiger partial charge >= 0.3 is 0 Å². The van der Waals surface area contributed by atoms with Crippen molar-refractivity contribution in [2.45, 2.75) is 18.9 Å². The maximum atomic E-state index is 8.93. The summed E-state index contributed by atoms with van der Waals surface area (Å²) >= 11 is 0. The number of ether oxygens (including phenoxy) is 1. The van der Waals surface area contributed by atoms with E-state index in [2.05, 4.69) is 35.6 Å². The van der Waals surface area contributed by atoms with Gasteiger partial charge in [0.25, 0.3) is 0 Å². The maximum absolute atomic E-state index is 8.93. The molecular weight excluding hydrogens is 262 g/mol. The van der Waals surface area contributed by atoms with Crippen molar-refractivity contribution in [2.75, 3.05) is 25.6 Å². The van der Waals surface area contributed by atoms with Gasteiger partial charge in [0.2, 0.25) is 0 Å². The van der Waals surface area contributed by atoms with E-state index in [1.165, 1.54) is 11.1 Å². The van der Waals surface area contributed by atoms with E-state index in [9.17, 15) is 0 Å². The summed E-state index contributed by atoms with van der Waals surface area (Å²) in [5, 5.41) is 12.5. The minimum absolute atomic E-state index is 0.129. The van der Waals surface area contributed by atoms with Crippen LogP contribution in [0.5, 0.6) is 0 Å². The Morgan fingerprint density at radius 1 is 1.10 bits per heavy atom. The van der Waals surface area contributed by atoms with Crippen molar-refractivity contribution in [3.05, 3.63) is 65.7 Å². The molecule has 0 aliphatic rings. The van der Waals surface area contributed by atoms with Gasteiger partial charge < -0.3 is 15.2 Å². The second kappa shape index (κ2) is 8.45. The summed E-state index contributed by atoms with van der Waals surface area (Å²) in [6.07, 6.45) is 1.69. The Morgan fingerprint density at radius 3 is 2.62 bits per heavy atom. The van der Waals surface area contributed by atoms with Gasteiger partial charge in [-0.2, -0.15) is 0 Å². The van der Waals surface area contributed by atoms with Crippen LogP contribution in [0.4, 0.5) is 5.69 Å². The van der Waals surface area contributed by atoms with Crippen LogP contribution in [0.3, 0.4) is 0 Å². The summed E-state index contributed by atoms with van der Waals surface area (Å²) in [4.78, 5) is 0. The van der Waals surface area contributed by atoms with Crippen LogP contribution in [-0.4, -0.2) is 25.4 Å². The summed E-state index contributed by atoms with van der Waals surface area (Å²) in [7, 11) is 1.72. The van der Waals surface area contributed by atoms with Gasteiger partial charge in [-0.1, -0.05) is 42.5 Å². The molecule has 0 fully saturated rings. The van der Waals surface area contributed by atoms with Crippen LogP contribution < -0.4 is 5.32 Å². The topological polar surface area (TPSA) is 41.5 Å². The van der Waals surface area contributed by atoms with Crippen LogP contribution in [-0.2, 0) is 11.2 Å². The fraction of sp³-hybridized carbons (Fsp3) is 0.333. The van der Waals surface area contributed by atoms with Gasteiger partial charge in [0.1, 0.15) is 0 Å². The zero-order chi connectivity index (χ0) is 14.9. The minimum atomic E-state index is 0.129. The number of hydrogen-bond donors (Lipinski definition) is 2. The molecule has 112 valence electrons. The van der Waals surface area contributed by atoms with Crippen molar-refractivity contribution in [2.24, 2.45) is 0 Å². The van der Waals surface area contributed by atoms with E-state index in [4.69, 9.17) is 9.84 Å². The number of anilines is 1. The maximum Gasteiger partial charge on any atom is 0.0747 e. The molecule has 0 saturated carbocycles. The number of rotatable bonds is 8. The standard InChI is InChI=1S/C18H23NO2/c1-21-14-18(16-9-3-2-4-10-16)19-17-11-5-7-15(13-17)8-6-12-20/h2-5,7,9-11,13,18-20H,6,8,12,14H2,1H3. The summed E-state index contributed by atoms with van der Waals surface area (Å²) < 4.78 is 5.33. The molecule has 2 aromatic rings. The van der Waals surface area contributed by atoms with Crippen LogP contribution in [0.1, 0.15) is 23.6 Å². The quantitative estimate of drug-likeness (QED) is 0.781. The number of benzene rings is 2. The van der Waals surface area contributed by atoms with Gasteiger partial charge in [-0.05, 0) is 36.1 Å². The highest BCUT2D eigenvalue weighted by atomic mass is 16.5.